The zero-order chi connectivity index (χ0) is 14.5. The Morgan fingerprint density at radius 1 is 1.30 bits per heavy atom. The quantitative estimate of drug-likeness (QED) is 0.867. The molecule has 2 rings (SSSR count). The van der Waals surface area contributed by atoms with Crippen molar-refractivity contribution in [3.63, 3.8) is 0 Å². The number of anilines is 1. The minimum atomic E-state index is -0.696. The zero-order valence-electron chi connectivity index (χ0n) is 11.9. The van der Waals surface area contributed by atoms with Crippen LogP contribution in [-0.4, -0.2) is 31.3 Å². The maximum Gasteiger partial charge on any atom is 0.306 e. The summed E-state index contributed by atoms with van der Waals surface area (Å²) >= 11 is 0. The van der Waals surface area contributed by atoms with Crippen molar-refractivity contribution in [2.24, 2.45) is 5.92 Å². The number of nitrogens with one attached hydrogen (secondary N) is 1. The van der Waals surface area contributed by atoms with Crippen LogP contribution in [0.2, 0.25) is 0 Å². The van der Waals surface area contributed by atoms with Crippen molar-refractivity contribution >= 4 is 11.7 Å². The van der Waals surface area contributed by atoms with Crippen LogP contribution in [0.5, 0.6) is 11.5 Å². The number of ether oxygens (including phenoxy) is 2. The van der Waals surface area contributed by atoms with Crippen LogP contribution in [0.1, 0.15) is 25.7 Å². The highest BCUT2D eigenvalue weighted by Crippen LogP contribution is 2.33. The fraction of sp³-hybridized carbons (Fsp3) is 0.533. The number of carbonyl (C=O) groups is 1. The molecule has 0 amide bonds. The normalized spacial score (nSPS) is 22.1. The molecule has 5 nitrogen and oxygen atoms in total. The highest BCUT2D eigenvalue weighted by Gasteiger charge is 2.27. The molecule has 0 bridgehead atoms. The average molecular weight is 279 g/mol. The molecule has 0 aromatic heterocycles. The van der Waals surface area contributed by atoms with Gasteiger partial charge >= 0.3 is 5.97 Å². The number of aliphatic carboxylic acids is 1. The van der Waals surface area contributed by atoms with Gasteiger partial charge in [-0.25, -0.2) is 0 Å². The highest BCUT2D eigenvalue weighted by molar-refractivity contribution is 5.70. The summed E-state index contributed by atoms with van der Waals surface area (Å²) in [7, 11) is 3.22. The number of rotatable bonds is 5. The van der Waals surface area contributed by atoms with Crippen LogP contribution in [0, 0.1) is 5.92 Å². The van der Waals surface area contributed by atoms with Crippen LogP contribution in [-0.2, 0) is 4.79 Å². The Labute approximate surface area is 118 Å². The fourth-order valence-corrected chi connectivity index (χ4v) is 2.68. The van der Waals surface area contributed by atoms with E-state index in [2.05, 4.69) is 5.32 Å². The number of carboxylic acid groups (broad SMARTS) is 1. The first-order chi connectivity index (χ1) is 9.63. The summed E-state index contributed by atoms with van der Waals surface area (Å²) in [5.41, 5.74) is 0.879. The van der Waals surface area contributed by atoms with Gasteiger partial charge in [-0.1, -0.05) is 6.42 Å². The predicted octanol–water partition coefficient (Wildman–Crippen LogP) is 2.76. The molecule has 20 heavy (non-hydrogen) atoms. The first-order valence-electron chi connectivity index (χ1n) is 6.85. The largest absolute Gasteiger partial charge is 0.497 e. The summed E-state index contributed by atoms with van der Waals surface area (Å²) in [6, 6.07) is 5.76. The lowest BCUT2D eigenvalue weighted by Crippen LogP contribution is -2.31. The molecule has 1 fully saturated rings. The van der Waals surface area contributed by atoms with Gasteiger partial charge in [-0.15, -0.1) is 0 Å². The molecule has 0 aliphatic heterocycles. The summed E-state index contributed by atoms with van der Waals surface area (Å²) in [6.07, 6.45) is 3.35. The standard InChI is InChI=1S/C15H21NO4/c1-19-12-6-7-13(14(9-12)20-2)16-11-5-3-4-10(8-11)15(17)18/h6-7,9-11,16H,3-5,8H2,1-2H3,(H,17,18). The molecule has 1 aromatic rings. The van der Waals surface area contributed by atoms with Crippen LogP contribution < -0.4 is 14.8 Å². The van der Waals surface area contributed by atoms with Gasteiger partial charge in [0.05, 0.1) is 25.8 Å². The first-order valence-corrected chi connectivity index (χ1v) is 6.85. The summed E-state index contributed by atoms with van der Waals surface area (Å²) in [4.78, 5) is 11.1. The second kappa shape index (κ2) is 6.50. The summed E-state index contributed by atoms with van der Waals surface area (Å²) in [6.45, 7) is 0. The smallest absolute Gasteiger partial charge is 0.306 e. The van der Waals surface area contributed by atoms with Crippen molar-refractivity contribution in [1.29, 1.82) is 0 Å². The van der Waals surface area contributed by atoms with Crippen LogP contribution >= 0.6 is 0 Å². The van der Waals surface area contributed by atoms with Crippen LogP contribution in [0.3, 0.4) is 0 Å². The molecule has 1 aliphatic carbocycles. The molecule has 0 spiro atoms. The predicted molar refractivity (Wildman–Crippen MR) is 76.6 cm³/mol. The van der Waals surface area contributed by atoms with Crippen molar-refractivity contribution in [3.8, 4) is 11.5 Å². The Kier molecular flexibility index (Phi) is 4.71. The van der Waals surface area contributed by atoms with E-state index in [1.165, 1.54) is 0 Å². The van der Waals surface area contributed by atoms with Crippen LogP contribution in [0.4, 0.5) is 5.69 Å². The number of carboxylic acids is 1. The molecule has 0 saturated heterocycles. The van der Waals surface area contributed by atoms with Gasteiger partial charge in [-0.05, 0) is 31.4 Å². The number of benzene rings is 1. The maximum absolute atomic E-state index is 11.1. The molecular weight excluding hydrogens is 258 g/mol. The van der Waals surface area contributed by atoms with Crippen molar-refractivity contribution in [2.75, 3.05) is 19.5 Å². The van der Waals surface area contributed by atoms with Gasteiger partial charge in [0.2, 0.25) is 0 Å². The Balaban J connectivity index is 2.07. The topological polar surface area (TPSA) is 67.8 Å². The van der Waals surface area contributed by atoms with Gasteiger partial charge in [0.15, 0.2) is 0 Å². The lowest BCUT2D eigenvalue weighted by atomic mass is 9.85. The van der Waals surface area contributed by atoms with Crippen LogP contribution in [0.25, 0.3) is 0 Å². The summed E-state index contributed by atoms with van der Waals surface area (Å²) in [5.74, 6) is 0.505. The molecule has 1 saturated carbocycles. The Hall–Kier alpha value is -1.91. The van der Waals surface area contributed by atoms with E-state index in [0.29, 0.717) is 12.2 Å². The van der Waals surface area contributed by atoms with Gasteiger partial charge in [0.1, 0.15) is 11.5 Å². The fourth-order valence-electron chi connectivity index (χ4n) is 2.68. The highest BCUT2D eigenvalue weighted by atomic mass is 16.5. The third kappa shape index (κ3) is 3.35. The molecule has 2 unspecified atom stereocenters. The van der Waals surface area contributed by atoms with Crippen molar-refractivity contribution in [3.05, 3.63) is 18.2 Å². The van der Waals surface area contributed by atoms with Crippen molar-refractivity contribution in [2.45, 2.75) is 31.7 Å². The Bertz CT molecular complexity index is 475. The molecule has 0 radical (unpaired) electrons. The maximum atomic E-state index is 11.1. The van der Waals surface area contributed by atoms with Crippen LogP contribution in [0.15, 0.2) is 18.2 Å². The molecule has 110 valence electrons. The van der Waals surface area contributed by atoms with Gasteiger partial charge in [-0.2, -0.15) is 0 Å². The zero-order valence-corrected chi connectivity index (χ0v) is 11.9. The Morgan fingerprint density at radius 3 is 2.75 bits per heavy atom. The van der Waals surface area contributed by atoms with E-state index >= 15 is 0 Å². The minimum absolute atomic E-state index is 0.173. The van der Waals surface area contributed by atoms with E-state index in [-0.39, 0.29) is 12.0 Å². The lowest BCUT2D eigenvalue weighted by Gasteiger charge is -2.28. The summed E-state index contributed by atoms with van der Waals surface area (Å²) in [5, 5.41) is 12.5. The van der Waals surface area contributed by atoms with E-state index in [4.69, 9.17) is 14.6 Å². The molecule has 2 N–H and O–H groups in total. The van der Waals surface area contributed by atoms with Crippen molar-refractivity contribution in [1.82, 2.24) is 0 Å². The van der Waals surface area contributed by atoms with E-state index in [0.717, 1.165) is 30.7 Å². The summed E-state index contributed by atoms with van der Waals surface area (Å²) < 4.78 is 10.5. The molecule has 1 aromatic carbocycles. The molecule has 2 atom stereocenters. The number of methoxy groups -OCH3 is 2. The van der Waals surface area contributed by atoms with E-state index in [9.17, 15) is 4.79 Å². The van der Waals surface area contributed by atoms with E-state index in [1.54, 1.807) is 14.2 Å². The molecule has 0 heterocycles. The number of hydrogen-bond acceptors (Lipinski definition) is 4. The average Bonchev–Trinajstić information content (AvgIpc) is 2.48. The van der Waals surface area contributed by atoms with Gasteiger partial charge in [-0.3, -0.25) is 4.79 Å². The van der Waals surface area contributed by atoms with Crippen molar-refractivity contribution < 1.29 is 19.4 Å². The molecule has 5 heteroatoms. The second-order valence-electron chi connectivity index (χ2n) is 5.11. The van der Waals surface area contributed by atoms with Gasteiger partial charge < -0.3 is 19.9 Å². The van der Waals surface area contributed by atoms with Gasteiger partial charge in [0.25, 0.3) is 0 Å². The number of hydrogen-bond donors (Lipinski definition) is 2. The van der Waals surface area contributed by atoms with E-state index in [1.807, 2.05) is 18.2 Å². The third-order valence-corrected chi connectivity index (χ3v) is 3.79. The third-order valence-electron chi connectivity index (χ3n) is 3.79. The minimum Gasteiger partial charge on any atom is -0.497 e. The second-order valence-corrected chi connectivity index (χ2v) is 5.11. The monoisotopic (exact) mass is 279 g/mol. The van der Waals surface area contributed by atoms with Gasteiger partial charge in [0, 0.05) is 12.1 Å². The van der Waals surface area contributed by atoms with E-state index < -0.39 is 5.97 Å². The first kappa shape index (κ1) is 14.5. The Morgan fingerprint density at radius 2 is 2.10 bits per heavy atom. The molecular formula is C15H21NO4. The SMILES string of the molecule is COc1ccc(NC2CCCC(C(=O)O)C2)c(OC)c1. The molecule has 1 aliphatic rings. The lowest BCUT2D eigenvalue weighted by molar-refractivity contribution is -0.142.